The van der Waals surface area contributed by atoms with Gasteiger partial charge in [0.25, 0.3) is 0 Å². The molecule has 0 fully saturated rings. The van der Waals surface area contributed by atoms with Crippen LogP contribution >= 0.6 is 15.9 Å². The van der Waals surface area contributed by atoms with Crippen molar-refractivity contribution in [1.29, 1.82) is 0 Å². The van der Waals surface area contributed by atoms with Crippen LogP contribution in [0.5, 0.6) is 5.75 Å². The van der Waals surface area contributed by atoms with Gasteiger partial charge >= 0.3 is 5.97 Å². The summed E-state index contributed by atoms with van der Waals surface area (Å²) in [4.78, 5) is 10.9. The van der Waals surface area contributed by atoms with Crippen LogP contribution in [0.2, 0.25) is 0 Å². The van der Waals surface area contributed by atoms with E-state index >= 15 is 0 Å². The molecule has 3 heteroatoms. The summed E-state index contributed by atoms with van der Waals surface area (Å²) in [7, 11) is 0. The summed E-state index contributed by atoms with van der Waals surface area (Å²) in [6.07, 6.45) is 1.64. The lowest BCUT2D eigenvalue weighted by atomic mass is 10.1. The van der Waals surface area contributed by atoms with Crippen molar-refractivity contribution >= 4 is 21.9 Å². The van der Waals surface area contributed by atoms with E-state index in [1.165, 1.54) is 6.92 Å². The number of aryl methyl sites for hydroxylation is 1. The van der Waals surface area contributed by atoms with Gasteiger partial charge in [0, 0.05) is 6.92 Å². The van der Waals surface area contributed by atoms with E-state index in [0.29, 0.717) is 5.75 Å². The normalized spacial score (nSPS) is 9.73. The summed E-state index contributed by atoms with van der Waals surface area (Å²) in [5.74, 6) is 0.346. The molecule has 15 heavy (non-hydrogen) atoms. The van der Waals surface area contributed by atoms with Crippen LogP contribution < -0.4 is 4.74 Å². The first-order valence-electron chi connectivity index (χ1n) is 4.69. The van der Waals surface area contributed by atoms with Gasteiger partial charge in [0.15, 0.2) is 0 Å². The lowest BCUT2D eigenvalue weighted by Gasteiger charge is -2.07. The third kappa shape index (κ3) is 4.30. The third-order valence-electron chi connectivity index (χ3n) is 1.89. The van der Waals surface area contributed by atoms with Crippen molar-refractivity contribution in [2.24, 2.45) is 0 Å². The number of allylic oxidation sites excluding steroid dienone is 1. The minimum atomic E-state index is -0.292. The number of esters is 1. The highest BCUT2D eigenvalue weighted by molar-refractivity contribution is 9.11. The maximum absolute atomic E-state index is 10.9. The molecule has 0 amide bonds. The fourth-order valence-electron chi connectivity index (χ4n) is 1.24. The summed E-state index contributed by atoms with van der Waals surface area (Å²) in [5, 5.41) is 0. The molecule has 0 atom stereocenters. The lowest BCUT2D eigenvalue weighted by Crippen LogP contribution is -2.03. The molecule has 1 rings (SSSR count). The second-order valence-electron chi connectivity index (χ2n) is 3.22. The van der Waals surface area contributed by atoms with E-state index in [0.717, 1.165) is 22.9 Å². The van der Waals surface area contributed by atoms with Crippen LogP contribution in [0, 0.1) is 0 Å². The van der Waals surface area contributed by atoms with Gasteiger partial charge in [-0.25, -0.2) is 0 Å². The van der Waals surface area contributed by atoms with E-state index in [-0.39, 0.29) is 5.97 Å². The Morgan fingerprint density at radius 3 is 2.73 bits per heavy atom. The van der Waals surface area contributed by atoms with Crippen LogP contribution in [-0.4, -0.2) is 5.97 Å². The number of ether oxygens (including phenoxy) is 1. The van der Waals surface area contributed by atoms with Crippen molar-refractivity contribution in [1.82, 2.24) is 0 Å². The Balaban J connectivity index is 2.76. The van der Waals surface area contributed by atoms with Gasteiger partial charge in [0.2, 0.25) is 0 Å². The number of rotatable bonds is 4. The zero-order valence-corrected chi connectivity index (χ0v) is 10.2. The SMILES string of the molecule is C=C(Br)CCc1ccccc1OC(C)=O. The molecule has 0 aliphatic heterocycles. The quantitative estimate of drug-likeness (QED) is 0.618. The van der Waals surface area contributed by atoms with Crippen molar-refractivity contribution in [3.05, 3.63) is 40.9 Å². The molecular formula is C12H13BrO2. The molecule has 0 radical (unpaired) electrons. The largest absolute Gasteiger partial charge is 0.426 e. The van der Waals surface area contributed by atoms with Gasteiger partial charge < -0.3 is 4.74 Å². The van der Waals surface area contributed by atoms with Crippen LogP contribution in [0.3, 0.4) is 0 Å². The maximum Gasteiger partial charge on any atom is 0.308 e. The van der Waals surface area contributed by atoms with Crippen molar-refractivity contribution < 1.29 is 9.53 Å². The van der Waals surface area contributed by atoms with Crippen LogP contribution in [-0.2, 0) is 11.2 Å². The standard InChI is InChI=1S/C12H13BrO2/c1-9(13)7-8-11-5-3-4-6-12(11)15-10(2)14/h3-6H,1,7-8H2,2H3. The van der Waals surface area contributed by atoms with Gasteiger partial charge in [-0.15, -0.1) is 0 Å². The van der Waals surface area contributed by atoms with Gasteiger partial charge in [0.1, 0.15) is 5.75 Å². The first-order chi connectivity index (χ1) is 7.09. The lowest BCUT2D eigenvalue weighted by molar-refractivity contribution is -0.131. The highest BCUT2D eigenvalue weighted by Crippen LogP contribution is 2.22. The molecule has 0 aliphatic carbocycles. The Kier molecular flexibility index (Phi) is 4.56. The van der Waals surface area contributed by atoms with Gasteiger partial charge in [0.05, 0.1) is 0 Å². The summed E-state index contributed by atoms with van der Waals surface area (Å²) in [5.41, 5.74) is 1.02. The molecule has 0 aliphatic rings. The van der Waals surface area contributed by atoms with Crippen LogP contribution in [0.4, 0.5) is 0 Å². The molecule has 0 N–H and O–H groups in total. The molecule has 0 saturated heterocycles. The van der Waals surface area contributed by atoms with E-state index in [1.54, 1.807) is 6.07 Å². The maximum atomic E-state index is 10.9. The summed E-state index contributed by atoms with van der Waals surface area (Å²) >= 11 is 3.31. The second-order valence-corrected chi connectivity index (χ2v) is 4.34. The Morgan fingerprint density at radius 2 is 2.13 bits per heavy atom. The molecule has 0 unspecified atom stereocenters. The average Bonchev–Trinajstić information content (AvgIpc) is 2.15. The number of benzene rings is 1. The Bertz CT molecular complexity index is 372. The molecule has 0 bridgehead atoms. The smallest absolute Gasteiger partial charge is 0.308 e. The Labute approximate surface area is 98.1 Å². The molecule has 0 spiro atoms. The van der Waals surface area contributed by atoms with Gasteiger partial charge in [-0.1, -0.05) is 40.7 Å². The van der Waals surface area contributed by atoms with E-state index in [4.69, 9.17) is 4.74 Å². The molecule has 1 aromatic rings. The van der Waals surface area contributed by atoms with Gasteiger partial charge in [-0.2, -0.15) is 0 Å². The van der Waals surface area contributed by atoms with Crippen LogP contribution in [0.25, 0.3) is 0 Å². The minimum Gasteiger partial charge on any atom is -0.426 e. The predicted octanol–water partition coefficient (Wildman–Crippen LogP) is 3.45. The molecule has 0 heterocycles. The van der Waals surface area contributed by atoms with Crippen molar-refractivity contribution in [3.63, 3.8) is 0 Å². The number of para-hydroxylation sites is 1. The van der Waals surface area contributed by atoms with Crippen molar-refractivity contribution in [2.45, 2.75) is 19.8 Å². The average molecular weight is 269 g/mol. The summed E-state index contributed by atoms with van der Waals surface area (Å²) in [6.45, 7) is 5.17. The monoisotopic (exact) mass is 268 g/mol. The first kappa shape index (κ1) is 12.0. The highest BCUT2D eigenvalue weighted by atomic mass is 79.9. The number of carbonyl (C=O) groups is 1. The van der Waals surface area contributed by atoms with E-state index in [2.05, 4.69) is 22.5 Å². The van der Waals surface area contributed by atoms with Gasteiger partial charge in [-0.3, -0.25) is 4.79 Å². The second kappa shape index (κ2) is 5.71. The molecule has 0 aromatic heterocycles. The third-order valence-corrected chi connectivity index (χ3v) is 2.29. The number of halogens is 1. The van der Waals surface area contributed by atoms with Crippen LogP contribution in [0.1, 0.15) is 18.9 Å². The Morgan fingerprint density at radius 1 is 1.47 bits per heavy atom. The highest BCUT2D eigenvalue weighted by Gasteiger charge is 2.05. The van der Waals surface area contributed by atoms with Gasteiger partial charge in [-0.05, 0) is 29.0 Å². The van der Waals surface area contributed by atoms with Crippen molar-refractivity contribution in [2.75, 3.05) is 0 Å². The number of hydrogen-bond acceptors (Lipinski definition) is 2. The molecule has 80 valence electrons. The van der Waals surface area contributed by atoms with Crippen molar-refractivity contribution in [3.8, 4) is 5.75 Å². The summed E-state index contributed by atoms with van der Waals surface area (Å²) < 4.78 is 6.04. The van der Waals surface area contributed by atoms with Crippen LogP contribution in [0.15, 0.2) is 35.3 Å². The number of carbonyl (C=O) groups excluding carboxylic acids is 1. The molecule has 0 saturated carbocycles. The zero-order chi connectivity index (χ0) is 11.3. The van der Waals surface area contributed by atoms with E-state index in [1.807, 2.05) is 18.2 Å². The molecule has 2 nitrogen and oxygen atoms in total. The van der Waals surface area contributed by atoms with E-state index < -0.39 is 0 Å². The first-order valence-corrected chi connectivity index (χ1v) is 5.48. The predicted molar refractivity (Wildman–Crippen MR) is 64.1 cm³/mol. The number of hydrogen-bond donors (Lipinski definition) is 0. The fraction of sp³-hybridized carbons (Fsp3) is 0.250. The van der Waals surface area contributed by atoms with E-state index in [9.17, 15) is 4.79 Å². The molecule has 1 aromatic carbocycles. The summed E-state index contributed by atoms with van der Waals surface area (Å²) in [6, 6.07) is 7.53. The Hall–Kier alpha value is -1.09. The molecular weight excluding hydrogens is 256 g/mol. The fourth-order valence-corrected chi connectivity index (χ4v) is 1.43. The zero-order valence-electron chi connectivity index (χ0n) is 8.63. The topological polar surface area (TPSA) is 26.3 Å². The minimum absolute atomic E-state index is 0.292.